The summed E-state index contributed by atoms with van der Waals surface area (Å²) in [6.07, 6.45) is 2.11. The summed E-state index contributed by atoms with van der Waals surface area (Å²) < 4.78 is 33.9. The number of pyridine rings is 2. The molecule has 0 atom stereocenters. The van der Waals surface area contributed by atoms with Crippen LogP contribution in [-0.4, -0.2) is 52.5 Å². The molecular weight excluding hydrogens is 570 g/mol. The first-order valence-electron chi connectivity index (χ1n) is 12.4. The second-order valence-electron chi connectivity index (χ2n) is 9.63. The maximum atomic E-state index is 13.5. The Morgan fingerprint density at radius 3 is 2.63 bits per heavy atom. The van der Waals surface area contributed by atoms with Gasteiger partial charge in [0, 0.05) is 26.0 Å². The average Bonchev–Trinajstić information content (AvgIpc) is 3.78. The number of benzene rings is 1. The lowest BCUT2D eigenvalue weighted by molar-refractivity contribution is 0.0949. The summed E-state index contributed by atoms with van der Waals surface area (Å²) >= 11 is 5.94. The molecule has 1 amide bonds. The third kappa shape index (κ3) is 5.31. The van der Waals surface area contributed by atoms with Crippen molar-refractivity contribution in [3.05, 3.63) is 86.9 Å². The molecule has 12 nitrogen and oxygen atoms in total. The molecule has 1 aliphatic carbocycles. The zero-order chi connectivity index (χ0) is 29.4. The molecule has 0 saturated heterocycles. The number of amides is 1. The van der Waals surface area contributed by atoms with Crippen LogP contribution in [0.2, 0.25) is 5.15 Å². The number of carbonyl (C=O) groups is 1. The summed E-state index contributed by atoms with van der Waals surface area (Å²) in [6.45, 7) is -0.0700. The lowest BCUT2D eigenvalue weighted by Crippen LogP contribution is -2.41. The number of rotatable bonds is 9. The summed E-state index contributed by atoms with van der Waals surface area (Å²) in [5.41, 5.74) is 0.833. The largest absolute Gasteiger partial charge is 0.473 e. The van der Waals surface area contributed by atoms with Crippen LogP contribution < -0.4 is 19.9 Å². The molecule has 0 spiro atoms. The first-order valence-corrected chi connectivity index (χ1v) is 14.2. The average molecular weight is 594 g/mol. The number of nitrogens with one attached hydrogen (secondary N) is 1. The van der Waals surface area contributed by atoms with E-state index in [0.717, 1.165) is 9.87 Å². The van der Waals surface area contributed by atoms with Gasteiger partial charge in [0.2, 0.25) is 10.0 Å². The van der Waals surface area contributed by atoms with Crippen molar-refractivity contribution in [2.24, 2.45) is 7.05 Å². The zero-order valence-corrected chi connectivity index (χ0v) is 23.6. The quantitative estimate of drug-likeness (QED) is 0.288. The fourth-order valence-corrected chi connectivity index (χ4v) is 6.27. The number of nitriles is 1. The monoisotopic (exact) mass is 593 g/mol. The Balaban J connectivity index is 1.36. The lowest BCUT2D eigenvalue weighted by atomic mass is 10.1. The van der Waals surface area contributed by atoms with Crippen molar-refractivity contribution in [3.63, 3.8) is 0 Å². The van der Waals surface area contributed by atoms with Crippen LogP contribution >= 0.6 is 11.6 Å². The molecule has 1 aromatic carbocycles. The van der Waals surface area contributed by atoms with E-state index in [1.165, 1.54) is 30.9 Å². The summed E-state index contributed by atoms with van der Waals surface area (Å²) in [5.74, 6) is -0.436. The number of aromatic nitrogens is 4. The van der Waals surface area contributed by atoms with Gasteiger partial charge in [-0.25, -0.2) is 13.4 Å². The predicted molar refractivity (Wildman–Crippen MR) is 151 cm³/mol. The van der Waals surface area contributed by atoms with Gasteiger partial charge in [0.1, 0.15) is 33.4 Å². The van der Waals surface area contributed by atoms with E-state index in [1.807, 2.05) is 6.07 Å². The molecule has 0 aliphatic heterocycles. The van der Waals surface area contributed by atoms with Crippen molar-refractivity contribution in [1.82, 2.24) is 25.1 Å². The maximum Gasteiger partial charge on any atom is 0.263 e. The number of carbonyl (C=O) groups excluding carboxylic acids is 1. The Bertz CT molecular complexity index is 1870. The van der Waals surface area contributed by atoms with Gasteiger partial charge in [-0.05, 0) is 48.7 Å². The first kappa shape index (κ1) is 28.0. The van der Waals surface area contributed by atoms with Crippen molar-refractivity contribution in [1.29, 1.82) is 5.26 Å². The van der Waals surface area contributed by atoms with Gasteiger partial charge in [-0.15, -0.1) is 5.10 Å². The number of hydrogen-bond acceptors (Lipinski definition) is 9. The van der Waals surface area contributed by atoms with Gasteiger partial charge in [-0.2, -0.15) is 10.4 Å². The van der Waals surface area contributed by atoms with Crippen molar-refractivity contribution in [3.8, 4) is 11.9 Å². The molecular formula is C27H24ClN7O5S. The molecule has 3 aromatic heterocycles. The summed E-state index contributed by atoms with van der Waals surface area (Å²) in [6, 6.07) is 14.8. The number of nitrogens with zero attached hydrogens (tertiary/aromatic N) is 6. The Kier molecular flexibility index (Phi) is 7.37. The number of hydrogen-bond donors (Lipinski definition) is 1. The van der Waals surface area contributed by atoms with Crippen molar-refractivity contribution >= 4 is 44.3 Å². The number of ether oxygens (including phenoxy) is 1. The molecule has 1 saturated carbocycles. The van der Waals surface area contributed by atoms with E-state index < -0.39 is 26.2 Å². The normalized spacial score (nSPS) is 13.8. The van der Waals surface area contributed by atoms with Crippen LogP contribution in [0.3, 0.4) is 0 Å². The fourth-order valence-electron chi connectivity index (χ4n) is 4.35. The zero-order valence-electron chi connectivity index (χ0n) is 22.0. The number of aryl methyl sites for hydroxylation is 1. The van der Waals surface area contributed by atoms with Gasteiger partial charge in [-0.3, -0.25) is 13.9 Å². The third-order valence-electron chi connectivity index (χ3n) is 6.98. The van der Waals surface area contributed by atoms with Crippen LogP contribution in [0.1, 0.15) is 34.3 Å². The molecule has 5 rings (SSSR count). The highest BCUT2D eigenvalue weighted by Crippen LogP contribution is 2.46. The highest BCUT2D eigenvalue weighted by molar-refractivity contribution is 7.94. The highest BCUT2D eigenvalue weighted by Gasteiger charge is 2.57. The Hall–Kier alpha value is -4.54. The lowest BCUT2D eigenvalue weighted by Gasteiger charge is -2.25. The minimum atomic E-state index is -3.89. The fraction of sp³-hybridized carbons (Fsp3) is 0.259. The standard InChI is InChI=1S/C27H24ClN7O5S/c1-34-23-19(12-20(26(34)37)24(36)30-14-18-8-6-17(13-29)7-9-18)15-31-33-25(23)40-16-27(10-11-27)41(38,39)35(2)22-5-3-4-21(28)32-22/h3-9,12,15H,10-11,14,16H2,1-2H3,(H,30,36). The van der Waals surface area contributed by atoms with E-state index in [9.17, 15) is 18.0 Å². The molecule has 41 heavy (non-hydrogen) atoms. The van der Waals surface area contributed by atoms with Crippen LogP contribution in [0.4, 0.5) is 5.82 Å². The number of halogens is 1. The minimum Gasteiger partial charge on any atom is -0.473 e. The molecule has 1 N–H and O–H groups in total. The smallest absolute Gasteiger partial charge is 0.263 e. The van der Waals surface area contributed by atoms with Gasteiger partial charge in [-0.1, -0.05) is 29.8 Å². The van der Waals surface area contributed by atoms with Gasteiger partial charge in [0.05, 0.1) is 17.8 Å². The Morgan fingerprint density at radius 1 is 1.24 bits per heavy atom. The SMILES string of the molecule is CN(c1cccc(Cl)n1)S(=O)(=O)C1(COc2nncc3cc(C(=O)NCc4ccc(C#N)cc4)c(=O)n(C)c23)CC1. The van der Waals surface area contributed by atoms with Gasteiger partial charge in [0.15, 0.2) is 0 Å². The Morgan fingerprint density at radius 2 is 1.98 bits per heavy atom. The van der Waals surface area contributed by atoms with Crippen molar-refractivity contribution in [2.75, 3.05) is 18.0 Å². The number of sulfonamides is 1. The van der Waals surface area contributed by atoms with Crippen molar-refractivity contribution < 1.29 is 17.9 Å². The van der Waals surface area contributed by atoms with Gasteiger partial charge < -0.3 is 14.6 Å². The third-order valence-corrected chi connectivity index (χ3v) is 9.72. The predicted octanol–water partition coefficient (Wildman–Crippen LogP) is 2.56. The van der Waals surface area contributed by atoms with E-state index in [4.69, 9.17) is 21.6 Å². The molecule has 3 heterocycles. The summed E-state index contributed by atoms with van der Waals surface area (Å²) in [4.78, 5) is 30.1. The molecule has 1 fully saturated rings. The van der Waals surface area contributed by atoms with Crippen LogP contribution in [0, 0.1) is 11.3 Å². The molecule has 1 aliphatic rings. The molecule has 210 valence electrons. The molecule has 4 aromatic rings. The first-order chi connectivity index (χ1) is 19.6. The minimum absolute atomic E-state index is 0.0309. The second kappa shape index (κ2) is 10.8. The van der Waals surface area contributed by atoms with Crippen molar-refractivity contribution in [2.45, 2.75) is 24.1 Å². The summed E-state index contributed by atoms with van der Waals surface area (Å²) in [7, 11) is -1.01. The molecule has 0 bridgehead atoms. The van der Waals surface area contributed by atoms with E-state index in [1.54, 1.807) is 42.5 Å². The van der Waals surface area contributed by atoms with E-state index >= 15 is 0 Å². The van der Waals surface area contributed by atoms with Crippen LogP contribution in [0.25, 0.3) is 10.9 Å². The molecule has 0 unspecified atom stereocenters. The number of fused-ring (bicyclic) bond motifs is 1. The van der Waals surface area contributed by atoms with Crippen LogP contribution in [0.5, 0.6) is 5.88 Å². The highest BCUT2D eigenvalue weighted by atomic mass is 35.5. The van der Waals surface area contributed by atoms with E-state index in [2.05, 4.69) is 20.5 Å². The van der Waals surface area contributed by atoms with E-state index in [0.29, 0.717) is 23.8 Å². The maximum absolute atomic E-state index is 13.5. The van der Waals surface area contributed by atoms with Gasteiger partial charge >= 0.3 is 0 Å². The summed E-state index contributed by atoms with van der Waals surface area (Å²) in [5, 5.41) is 20.2. The molecule has 0 radical (unpaired) electrons. The van der Waals surface area contributed by atoms with Gasteiger partial charge in [0.25, 0.3) is 17.3 Å². The topological polar surface area (TPSA) is 160 Å². The number of anilines is 1. The second-order valence-corrected chi connectivity index (χ2v) is 12.4. The molecule has 14 heteroatoms. The Labute approximate surface area is 240 Å². The van der Waals surface area contributed by atoms with E-state index in [-0.39, 0.29) is 41.1 Å². The van der Waals surface area contributed by atoms with Crippen LogP contribution in [-0.2, 0) is 23.6 Å². The van der Waals surface area contributed by atoms with Crippen LogP contribution in [0.15, 0.2) is 59.5 Å².